The highest BCUT2D eigenvalue weighted by molar-refractivity contribution is 6.95. The van der Waals surface area contributed by atoms with Crippen molar-refractivity contribution in [2.45, 2.75) is 116 Å². The third kappa shape index (κ3) is 4.22. The fraction of sp³-hybridized carbons (Fsp3) is 0.500. The predicted octanol–water partition coefficient (Wildman–Crippen LogP) is 10.9. The first-order valence-electron chi connectivity index (χ1n) is 15.2. The van der Waals surface area contributed by atoms with Crippen molar-refractivity contribution in [2.75, 3.05) is 0 Å². The van der Waals surface area contributed by atoms with Gasteiger partial charge in [-0.2, -0.15) is 0 Å². The molecule has 0 spiro atoms. The molecule has 0 saturated carbocycles. The molecule has 0 aromatic heterocycles. The Morgan fingerprint density at radius 1 is 0.342 bits per heavy atom. The Morgan fingerprint density at radius 3 is 0.868 bits per heavy atom. The molecule has 0 nitrogen and oxygen atoms in total. The summed E-state index contributed by atoms with van der Waals surface area (Å²) >= 11 is 0. The average Bonchev–Trinajstić information content (AvgIpc) is 2.82. The van der Waals surface area contributed by atoms with Gasteiger partial charge in [0, 0.05) is 0 Å². The monoisotopic (exact) mass is 540 g/mol. The maximum Gasteiger partial charge on any atom is 0.0942 e. The molecule has 38 heavy (non-hydrogen) atoms. The highest BCUT2D eigenvalue weighted by atomic mass is 28.3. The number of fused-ring (bicyclic) bond motifs is 5. The highest BCUT2D eigenvalue weighted by Gasteiger charge is 2.45. The molecule has 0 atom stereocenters. The second kappa shape index (κ2) is 10.6. The molecule has 0 bridgehead atoms. The normalized spacial score (nSPS) is 13.6. The summed E-state index contributed by atoms with van der Waals surface area (Å²) in [5.74, 6) is 0. The van der Waals surface area contributed by atoms with Crippen LogP contribution >= 0.6 is 0 Å². The summed E-state index contributed by atoms with van der Waals surface area (Å²) in [6.07, 6.45) is 0. The quantitative estimate of drug-likeness (QED) is 0.154. The third-order valence-corrected chi connectivity index (χ3v) is 24.7. The van der Waals surface area contributed by atoms with E-state index >= 15 is 0 Å². The molecule has 2 heteroatoms. The van der Waals surface area contributed by atoms with Gasteiger partial charge in [-0.15, -0.1) is 0 Å². The number of hydrogen-bond donors (Lipinski definition) is 0. The molecular weight excluding hydrogens is 489 g/mol. The van der Waals surface area contributed by atoms with Crippen molar-refractivity contribution in [3.8, 4) is 0 Å². The van der Waals surface area contributed by atoms with Gasteiger partial charge in [0.05, 0.1) is 16.1 Å². The van der Waals surface area contributed by atoms with Crippen LogP contribution in [0.15, 0.2) is 60.7 Å². The van der Waals surface area contributed by atoms with E-state index in [0.717, 1.165) is 0 Å². The summed E-state index contributed by atoms with van der Waals surface area (Å²) in [5.41, 5.74) is 4.25. The summed E-state index contributed by atoms with van der Waals surface area (Å²) in [6, 6.07) is 24.5. The van der Waals surface area contributed by atoms with E-state index in [1.807, 2.05) is 0 Å². The first-order chi connectivity index (χ1) is 17.8. The van der Waals surface area contributed by atoms with Crippen molar-refractivity contribution in [2.24, 2.45) is 0 Å². The third-order valence-electron chi connectivity index (χ3n) is 10.6. The molecule has 0 aliphatic rings. The van der Waals surface area contributed by atoms with Gasteiger partial charge in [0.15, 0.2) is 0 Å². The van der Waals surface area contributed by atoms with Crippen LogP contribution in [0, 0.1) is 0 Å². The molecule has 0 fully saturated rings. The van der Waals surface area contributed by atoms with Gasteiger partial charge >= 0.3 is 0 Å². The number of hydrogen-bond acceptors (Lipinski definition) is 0. The first-order valence-corrected chi connectivity index (χ1v) is 19.7. The Hall–Kier alpha value is -1.91. The van der Waals surface area contributed by atoms with Crippen LogP contribution in [-0.4, -0.2) is 16.1 Å². The minimum atomic E-state index is -1.73. The Labute approximate surface area is 235 Å². The molecule has 0 radical (unpaired) electrons. The van der Waals surface area contributed by atoms with Gasteiger partial charge in [0.2, 0.25) is 0 Å². The Kier molecular flexibility index (Phi) is 8.10. The van der Waals surface area contributed by atoms with Gasteiger partial charge < -0.3 is 0 Å². The summed E-state index contributed by atoms with van der Waals surface area (Å²) < 4.78 is 0. The minimum Gasteiger partial charge on any atom is -0.0648 e. The van der Waals surface area contributed by atoms with Crippen LogP contribution in [-0.2, 0) is 0 Å². The van der Waals surface area contributed by atoms with Gasteiger partial charge in [0.1, 0.15) is 0 Å². The van der Waals surface area contributed by atoms with Crippen LogP contribution in [0.1, 0.15) is 83.1 Å². The highest BCUT2D eigenvalue weighted by Crippen LogP contribution is 2.43. The largest absolute Gasteiger partial charge is 0.0942 e. The Bertz CT molecular complexity index is 1280. The SMILES string of the molecule is CC(C)[Si](c1ccc2ccc3c4cc([Si](C(C)C)(C(C)C)C(C)C)ccc4ccc3c2c1)(C(C)C)C(C)C. The van der Waals surface area contributed by atoms with Gasteiger partial charge in [-0.3, -0.25) is 0 Å². The second-order valence-corrected chi connectivity index (χ2v) is 25.7. The molecule has 204 valence electrons. The average molecular weight is 541 g/mol. The van der Waals surface area contributed by atoms with E-state index in [-0.39, 0.29) is 0 Å². The Morgan fingerprint density at radius 2 is 0.605 bits per heavy atom. The Balaban J connectivity index is 2.06. The van der Waals surface area contributed by atoms with Gasteiger partial charge in [-0.1, -0.05) is 154 Å². The second-order valence-electron chi connectivity index (χ2n) is 13.9. The molecule has 0 heterocycles. The maximum absolute atomic E-state index is 2.61. The van der Waals surface area contributed by atoms with E-state index in [1.54, 1.807) is 10.4 Å². The van der Waals surface area contributed by atoms with Crippen molar-refractivity contribution < 1.29 is 0 Å². The molecule has 4 aromatic carbocycles. The number of rotatable bonds is 8. The van der Waals surface area contributed by atoms with Crippen LogP contribution < -0.4 is 10.4 Å². The van der Waals surface area contributed by atoms with Crippen molar-refractivity contribution >= 4 is 58.8 Å². The zero-order chi connectivity index (χ0) is 28.2. The van der Waals surface area contributed by atoms with E-state index in [0.29, 0.717) is 33.2 Å². The smallest absolute Gasteiger partial charge is 0.0648 e. The van der Waals surface area contributed by atoms with Crippen LogP contribution in [0.2, 0.25) is 33.2 Å². The molecular formula is C36H52Si2. The van der Waals surface area contributed by atoms with Crippen LogP contribution in [0.3, 0.4) is 0 Å². The summed E-state index contributed by atoms with van der Waals surface area (Å²) in [6.45, 7) is 29.7. The van der Waals surface area contributed by atoms with Crippen LogP contribution in [0.25, 0.3) is 32.3 Å². The van der Waals surface area contributed by atoms with Crippen LogP contribution in [0.5, 0.6) is 0 Å². The van der Waals surface area contributed by atoms with Gasteiger partial charge in [-0.05, 0) is 65.6 Å². The molecule has 0 aliphatic heterocycles. The van der Waals surface area contributed by atoms with E-state index in [9.17, 15) is 0 Å². The van der Waals surface area contributed by atoms with Crippen LogP contribution in [0.4, 0.5) is 0 Å². The lowest BCUT2D eigenvalue weighted by atomic mass is 9.97. The van der Waals surface area contributed by atoms with Gasteiger partial charge in [0.25, 0.3) is 0 Å². The maximum atomic E-state index is 2.61. The fourth-order valence-electron chi connectivity index (χ4n) is 9.40. The topological polar surface area (TPSA) is 0 Å². The van der Waals surface area contributed by atoms with E-state index in [1.165, 1.54) is 32.3 Å². The molecule has 0 saturated heterocycles. The predicted molar refractivity (Wildman–Crippen MR) is 180 cm³/mol. The molecule has 0 N–H and O–H groups in total. The lowest BCUT2D eigenvalue weighted by Gasteiger charge is -2.44. The number of benzene rings is 4. The van der Waals surface area contributed by atoms with E-state index < -0.39 is 16.1 Å². The van der Waals surface area contributed by atoms with Crippen molar-refractivity contribution in [3.05, 3.63) is 60.7 Å². The van der Waals surface area contributed by atoms with Crippen molar-refractivity contribution in [3.63, 3.8) is 0 Å². The fourth-order valence-corrected chi connectivity index (χ4v) is 22.9. The summed E-state index contributed by atoms with van der Waals surface area (Å²) in [7, 11) is -3.46. The molecule has 0 aliphatic carbocycles. The summed E-state index contributed by atoms with van der Waals surface area (Å²) in [5, 5.41) is 11.7. The molecule has 0 amide bonds. The molecule has 0 unspecified atom stereocenters. The lowest BCUT2D eigenvalue weighted by molar-refractivity contribution is 0.835. The van der Waals surface area contributed by atoms with Crippen molar-refractivity contribution in [1.29, 1.82) is 0 Å². The summed E-state index contributed by atoms with van der Waals surface area (Å²) in [4.78, 5) is 0. The first kappa shape index (κ1) is 29.1. The van der Waals surface area contributed by atoms with Gasteiger partial charge in [-0.25, -0.2) is 0 Å². The zero-order valence-electron chi connectivity index (χ0n) is 26.2. The lowest BCUT2D eigenvalue weighted by Crippen LogP contribution is -2.55. The van der Waals surface area contributed by atoms with E-state index in [2.05, 4.69) is 144 Å². The van der Waals surface area contributed by atoms with E-state index in [4.69, 9.17) is 0 Å². The standard InChI is InChI=1S/C36H52Si2/c1-23(2)37(24(3)4,25(5)6)31-17-13-29-15-20-34-33(35(29)21-31)19-16-30-14-18-32(22-36(30)34)38(26(7)8,27(9)10)28(11)12/h13-28H,1-12H3. The molecule has 4 aromatic rings. The minimum absolute atomic E-state index is 0.708. The molecule has 4 rings (SSSR count). The zero-order valence-corrected chi connectivity index (χ0v) is 28.2. The van der Waals surface area contributed by atoms with Crippen molar-refractivity contribution in [1.82, 2.24) is 0 Å².